The summed E-state index contributed by atoms with van der Waals surface area (Å²) in [6, 6.07) is 7.41. The van der Waals surface area contributed by atoms with Gasteiger partial charge < -0.3 is 5.32 Å². The van der Waals surface area contributed by atoms with Gasteiger partial charge in [-0.05, 0) is 59.7 Å². The van der Waals surface area contributed by atoms with Crippen molar-refractivity contribution in [2.24, 2.45) is 0 Å². The van der Waals surface area contributed by atoms with Crippen molar-refractivity contribution >= 4 is 16.7 Å². The first-order valence-corrected chi connectivity index (χ1v) is 10.4. The summed E-state index contributed by atoms with van der Waals surface area (Å²) in [5, 5.41) is 9.01. The van der Waals surface area contributed by atoms with Gasteiger partial charge in [0.25, 0.3) is 5.56 Å². The van der Waals surface area contributed by atoms with Gasteiger partial charge in [-0.15, -0.1) is 0 Å². The lowest BCUT2D eigenvalue weighted by molar-refractivity contribution is -0.122. The molecule has 1 amide bonds. The number of rotatable bonds is 6. The van der Waals surface area contributed by atoms with Gasteiger partial charge in [0, 0.05) is 24.0 Å². The van der Waals surface area contributed by atoms with Gasteiger partial charge in [-0.3, -0.25) is 14.5 Å². The maximum absolute atomic E-state index is 12.9. The van der Waals surface area contributed by atoms with Crippen molar-refractivity contribution in [1.29, 1.82) is 0 Å². The number of benzene rings is 1. The molecule has 1 saturated heterocycles. The van der Waals surface area contributed by atoms with E-state index in [2.05, 4.69) is 29.2 Å². The lowest BCUT2D eigenvalue weighted by atomic mass is 9.97. The van der Waals surface area contributed by atoms with Gasteiger partial charge in [-0.25, -0.2) is 4.68 Å². The van der Waals surface area contributed by atoms with Crippen LogP contribution in [0, 0.1) is 0 Å². The zero-order chi connectivity index (χ0) is 20.3. The molecule has 2 heterocycles. The normalized spacial score (nSPS) is 16.9. The fraction of sp³-hybridized carbons (Fsp3) is 0.591. The topological polar surface area (TPSA) is 67.2 Å². The fourth-order valence-corrected chi connectivity index (χ4v) is 3.99. The van der Waals surface area contributed by atoms with Crippen LogP contribution in [-0.4, -0.2) is 45.8 Å². The second-order valence-electron chi connectivity index (χ2n) is 8.35. The Labute approximate surface area is 166 Å². The highest BCUT2D eigenvalue weighted by Crippen LogP contribution is 2.23. The van der Waals surface area contributed by atoms with E-state index in [-0.39, 0.29) is 17.0 Å². The van der Waals surface area contributed by atoms with Gasteiger partial charge in [0.2, 0.25) is 5.91 Å². The maximum Gasteiger partial charge on any atom is 0.274 e. The van der Waals surface area contributed by atoms with E-state index in [4.69, 9.17) is 0 Å². The molecular formula is C22H32N4O2. The minimum atomic E-state index is -0.430. The first kappa shape index (κ1) is 20.5. The number of hydrogen-bond donors (Lipinski definition) is 1. The van der Waals surface area contributed by atoms with Crippen LogP contribution < -0.4 is 10.9 Å². The monoisotopic (exact) mass is 384 g/mol. The highest BCUT2D eigenvalue weighted by atomic mass is 16.2. The molecule has 1 aliphatic rings. The third-order valence-corrected chi connectivity index (χ3v) is 5.91. The average Bonchev–Trinajstić information content (AvgIpc) is 2.72. The molecule has 6 nitrogen and oxygen atoms in total. The molecule has 2 aromatic rings. The van der Waals surface area contributed by atoms with Crippen molar-refractivity contribution in [3.63, 3.8) is 0 Å². The molecule has 0 bridgehead atoms. The number of nitrogens with zero attached hydrogens (tertiary/aromatic N) is 3. The van der Waals surface area contributed by atoms with Crippen LogP contribution in [0.3, 0.4) is 0 Å². The molecule has 0 spiro atoms. The summed E-state index contributed by atoms with van der Waals surface area (Å²) in [7, 11) is 0. The van der Waals surface area contributed by atoms with E-state index in [0.717, 1.165) is 18.5 Å². The number of nitrogens with one attached hydrogen (secondary N) is 1. The minimum absolute atomic E-state index is 0.0518. The number of fused-ring (bicyclic) bond motifs is 1. The zero-order valence-corrected chi connectivity index (χ0v) is 17.5. The SMILES string of the molecule is CCn1nc([C@@H](C)C(=O)NCC(C)(C)N2CCCCC2)c2ccccc2c1=O. The summed E-state index contributed by atoms with van der Waals surface area (Å²) in [6.45, 7) is 11.4. The standard InChI is InChI=1S/C22H32N4O2/c1-5-26-21(28)18-12-8-7-11-17(18)19(24-26)16(2)20(27)23-15-22(3,4)25-13-9-6-10-14-25/h7-8,11-12,16H,5-6,9-10,13-15H2,1-4H3,(H,23,27)/t16-/m1/s1. The van der Waals surface area contributed by atoms with E-state index < -0.39 is 5.92 Å². The van der Waals surface area contributed by atoms with Crippen molar-refractivity contribution < 1.29 is 4.79 Å². The molecule has 1 N–H and O–H groups in total. The Bertz CT molecular complexity index is 897. The van der Waals surface area contributed by atoms with Gasteiger partial charge in [0.05, 0.1) is 17.0 Å². The molecule has 152 valence electrons. The van der Waals surface area contributed by atoms with Crippen molar-refractivity contribution in [3.8, 4) is 0 Å². The summed E-state index contributed by atoms with van der Waals surface area (Å²) < 4.78 is 1.44. The second-order valence-corrected chi connectivity index (χ2v) is 8.35. The molecule has 0 radical (unpaired) electrons. The molecule has 6 heteroatoms. The third kappa shape index (κ3) is 4.12. The Hall–Kier alpha value is -2.21. The Morgan fingerprint density at radius 1 is 1.18 bits per heavy atom. The number of piperidine rings is 1. The van der Waals surface area contributed by atoms with Crippen LogP contribution in [0.2, 0.25) is 0 Å². The fourth-order valence-electron chi connectivity index (χ4n) is 3.99. The van der Waals surface area contributed by atoms with Crippen LogP contribution in [0.4, 0.5) is 0 Å². The van der Waals surface area contributed by atoms with Gasteiger partial charge in [0.15, 0.2) is 0 Å². The van der Waals surface area contributed by atoms with E-state index in [1.165, 1.54) is 23.9 Å². The smallest absolute Gasteiger partial charge is 0.274 e. The van der Waals surface area contributed by atoms with Gasteiger partial charge in [0.1, 0.15) is 0 Å². The number of likely N-dealkylation sites (tertiary alicyclic amines) is 1. The van der Waals surface area contributed by atoms with Crippen molar-refractivity contribution in [2.75, 3.05) is 19.6 Å². The summed E-state index contributed by atoms with van der Waals surface area (Å²) in [6.07, 6.45) is 3.74. The van der Waals surface area contributed by atoms with E-state index in [1.54, 1.807) is 6.07 Å². The number of amides is 1. The zero-order valence-electron chi connectivity index (χ0n) is 17.5. The van der Waals surface area contributed by atoms with E-state index in [0.29, 0.717) is 24.2 Å². The summed E-state index contributed by atoms with van der Waals surface area (Å²) in [4.78, 5) is 27.9. The van der Waals surface area contributed by atoms with E-state index in [9.17, 15) is 9.59 Å². The predicted octanol–water partition coefficient (Wildman–Crippen LogP) is 2.90. The Kier molecular flexibility index (Phi) is 6.18. The van der Waals surface area contributed by atoms with Crippen LogP contribution in [0.25, 0.3) is 10.8 Å². The molecule has 1 aromatic heterocycles. The van der Waals surface area contributed by atoms with Gasteiger partial charge in [-0.1, -0.05) is 24.6 Å². The maximum atomic E-state index is 12.9. The highest BCUT2D eigenvalue weighted by molar-refractivity contribution is 5.91. The van der Waals surface area contributed by atoms with Gasteiger partial charge >= 0.3 is 0 Å². The van der Waals surface area contributed by atoms with Gasteiger partial charge in [-0.2, -0.15) is 5.10 Å². The summed E-state index contributed by atoms with van der Waals surface area (Å²) in [5.41, 5.74) is 0.471. The first-order chi connectivity index (χ1) is 13.3. The summed E-state index contributed by atoms with van der Waals surface area (Å²) >= 11 is 0. The summed E-state index contributed by atoms with van der Waals surface area (Å²) in [5.74, 6) is -0.482. The average molecular weight is 385 g/mol. The molecule has 1 aliphatic heterocycles. The number of aromatic nitrogens is 2. The number of carbonyl (C=O) groups excluding carboxylic acids is 1. The Morgan fingerprint density at radius 3 is 2.46 bits per heavy atom. The quantitative estimate of drug-likeness (QED) is 0.832. The third-order valence-electron chi connectivity index (χ3n) is 5.91. The molecule has 3 rings (SSSR count). The van der Waals surface area contributed by atoms with Crippen LogP contribution in [-0.2, 0) is 11.3 Å². The lowest BCUT2D eigenvalue weighted by Crippen LogP contribution is -2.53. The molecule has 28 heavy (non-hydrogen) atoms. The number of hydrogen-bond acceptors (Lipinski definition) is 4. The predicted molar refractivity (Wildman–Crippen MR) is 113 cm³/mol. The lowest BCUT2D eigenvalue weighted by Gasteiger charge is -2.41. The molecule has 0 aliphatic carbocycles. The molecule has 1 aromatic carbocycles. The van der Waals surface area contributed by atoms with Crippen LogP contribution >= 0.6 is 0 Å². The van der Waals surface area contributed by atoms with Crippen LogP contribution in [0.1, 0.15) is 58.6 Å². The molecule has 1 fully saturated rings. The molecule has 0 unspecified atom stereocenters. The molecule has 1 atom stereocenters. The van der Waals surface area contributed by atoms with E-state index >= 15 is 0 Å². The largest absolute Gasteiger partial charge is 0.354 e. The highest BCUT2D eigenvalue weighted by Gasteiger charge is 2.29. The van der Waals surface area contributed by atoms with Crippen LogP contribution in [0.5, 0.6) is 0 Å². The minimum Gasteiger partial charge on any atom is -0.354 e. The Morgan fingerprint density at radius 2 is 1.82 bits per heavy atom. The van der Waals surface area contributed by atoms with Crippen molar-refractivity contribution in [2.45, 2.75) is 65.0 Å². The van der Waals surface area contributed by atoms with Crippen molar-refractivity contribution in [1.82, 2.24) is 20.0 Å². The number of aryl methyl sites for hydroxylation is 1. The first-order valence-electron chi connectivity index (χ1n) is 10.4. The van der Waals surface area contributed by atoms with E-state index in [1.807, 2.05) is 32.0 Å². The molecular weight excluding hydrogens is 352 g/mol. The number of carbonyl (C=O) groups is 1. The van der Waals surface area contributed by atoms with Crippen LogP contribution in [0.15, 0.2) is 29.1 Å². The molecule has 0 saturated carbocycles. The van der Waals surface area contributed by atoms with Crippen molar-refractivity contribution in [3.05, 3.63) is 40.3 Å². The Balaban J connectivity index is 1.80. The second kappa shape index (κ2) is 8.43.